The van der Waals surface area contributed by atoms with Crippen molar-refractivity contribution in [1.29, 1.82) is 0 Å². The number of carbonyl (C=O) groups is 1. The molecule has 0 bridgehead atoms. The largest absolute Gasteiger partial charge is 0.355 e. The number of rotatable bonds is 7. The number of hydrogen-bond acceptors (Lipinski definition) is 3. The van der Waals surface area contributed by atoms with Crippen molar-refractivity contribution in [2.45, 2.75) is 6.42 Å². The smallest absolute Gasteiger partial charge is 0.221 e. The molecule has 0 aromatic heterocycles. The maximum atomic E-state index is 10.9. The highest BCUT2D eigenvalue weighted by Gasteiger charge is 1.96. The number of thioether (sulfide) groups is 1. The summed E-state index contributed by atoms with van der Waals surface area (Å²) in [6.45, 7) is 4.74. The lowest BCUT2D eigenvalue weighted by atomic mass is 10.4. The topological polar surface area (TPSA) is 55.1 Å². The highest BCUT2D eigenvalue weighted by atomic mass is 32.2. The number of amides is 1. The summed E-state index contributed by atoms with van der Waals surface area (Å²) in [5.41, 5.74) is 5.20. The van der Waals surface area contributed by atoms with Crippen LogP contribution in [0.1, 0.15) is 6.42 Å². The average Bonchev–Trinajstić information content (AvgIpc) is 2.05. The van der Waals surface area contributed by atoms with Crippen molar-refractivity contribution < 1.29 is 4.79 Å². The van der Waals surface area contributed by atoms with Crippen LogP contribution in [0.5, 0.6) is 0 Å². The molecule has 0 saturated heterocycles. The second-order valence-electron chi connectivity index (χ2n) is 2.25. The van der Waals surface area contributed by atoms with Gasteiger partial charge in [-0.15, -0.1) is 6.58 Å². The van der Waals surface area contributed by atoms with Crippen LogP contribution in [0.3, 0.4) is 0 Å². The normalized spacial score (nSPS) is 9.42. The van der Waals surface area contributed by atoms with E-state index in [4.69, 9.17) is 5.73 Å². The van der Waals surface area contributed by atoms with Crippen molar-refractivity contribution in [2.75, 3.05) is 24.6 Å². The third kappa shape index (κ3) is 7.63. The highest BCUT2D eigenvalue weighted by Crippen LogP contribution is 1.96. The second-order valence-corrected chi connectivity index (χ2v) is 3.40. The minimum atomic E-state index is 0.0386. The maximum absolute atomic E-state index is 10.9. The summed E-state index contributed by atoms with van der Waals surface area (Å²) < 4.78 is 0. The van der Waals surface area contributed by atoms with E-state index >= 15 is 0 Å². The molecule has 0 heterocycles. The van der Waals surface area contributed by atoms with Gasteiger partial charge in [-0.1, -0.05) is 6.08 Å². The van der Waals surface area contributed by atoms with Gasteiger partial charge in [-0.3, -0.25) is 4.79 Å². The van der Waals surface area contributed by atoms with Gasteiger partial charge in [-0.2, -0.15) is 11.8 Å². The average molecular weight is 188 g/mol. The van der Waals surface area contributed by atoms with Crippen molar-refractivity contribution in [2.24, 2.45) is 5.73 Å². The van der Waals surface area contributed by atoms with E-state index in [1.807, 2.05) is 6.08 Å². The van der Waals surface area contributed by atoms with E-state index in [2.05, 4.69) is 11.9 Å². The van der Waals surface area contributed by atoms with Crippen molar-refractivity contribution >= 4 is 17.7 Å². The van der Waals surface area contributed by atoms with Crippen LogP contribution in [-0.4, -0.2) is 30.5 Å². The van der Waals surface area contributed by atoms with Crippen LogP contribution < -0.4 is 11.1 Å². The molecular weight excluding hydrogens is 172 g/mol. The Bertz CT molecular complexity index is 139. The third-order valence-corrected chi connectivity index (χ3v) is 2.14. The molecule has 12 heavy (non-hydrogen) atoms. The summed E-state index contributed by atoms with van der Waals surface area (Å²) in [6.07, 6.45) is 2.28. The van der Waals surface area contributed by atoms with Gasteiger partial charge in [-0.25, -0.2) is 0 Å². The highest BCUT2D eigenvalue weighted by molar-refractivity contribution is 7.99. The first kappa shape index (κ1) is 11.5. The Morgan fingerprint density at radius 2 is 2.42 bits per heavy atom. The fourth-order valence-electron chi connectivity index (χ4n) is 0.649. The van der Waals surface area contributed by atoms with Crippen LogP contribution in [-0.2, 0) is 4.79 Å². The van der Waals surface area contributed by atoms with Gasteiger partial charge in [0.1, 0.15) is 0 Å². The third-order valence-electron chi connectivity index (χ3n) is 1.18. The zero-order chi connectivity index (χ0) is 9.23. The Hall–Kier alpha value is -0.480. The van der Waals surface area contributed by atoms with E-state index in [1.54, 1.807) is 11.8 Å². The van der Waals surface area contributed by atoms with Crippen molar-refractivity contribution in [3.63, 3.8) is 0 Å². The van der Waals surface area contributed by atoms with E-state index in [9.17, 15) is 4.79 Å². The van der Waals surface area contributed by atoms with Gasteiger partial charge in [0.05, 0.1) is 0 Å². The molecule has 0 aliphatic heterocycles. The van der Waals surface area contributed by atoms with Crippen LogP contribution in [0, 0.1) is 0 Å². The molecule has 70 valence electrons. The lowest BCUT2D eigenvalue weighted by Crippen LogP contribution is -2.27. The Kier molecular flexibility index (Phi) is 8.27. The summed E-state index contributed by atoms with van der Waals surface area (Å²) in [6, 6.07) is 0. The van der Waals surface area contributed by atoms with E-state index in [-0.39, 0.29) is 5.91 Å². The molecule has 0 atom stereocenters. The van der Waals surface area contributed by atoms with Crippen molar-refractivity contribution in [1.82, 2.24) is 5.32 Å². The Labute approximate surface area is 77.8 Å². The summed E-state index contributed by atoms with van der Waals surface area (Å²) >= 11 is 1.75. The minimum Gasteiger partial charge on any atom is -0.355 e. The molecule has 1 amide bonds. The molecule has 0 aliphatic rings. The summed E-state index contributed by atoms with van der Waals surface area (Å²) in [5.74, 6) is 1.91. The zero-order valence-corrected chi connectivity index (χ0v) is 8.03. The van der Waals surface area contributed by atoms with Gasteiger partial charge in [-0.05, 0) is 0 Å². The summed E-state index contributed by atoms with van der Waals surface area (Å²) in [5, 5.41) is 2.77. The Morgan fingerprint density at radius 1 is 1.67 bits per heavy atom. The molecule has 4 heteroatoms. The lowest BCUT2D eigenvalue weighted by molar-refractivity contribution is -0.120. The fraction of sp³-hybridized carbons (Fsp3) is 0.625. The number of hydrogen-bond donors (Lipinski definition) is 2. The second kappa shape index (κ2) is 8.62. The molecule has 0 saturated carbocycles. The Morgan fingerprint density at radius 3 is 3.00 bits per heavy atom. The first-order chi connectivity index (χ1) is 5.81. The molecule has 0 spiro atoms. The van der Waals surface area contributed by atoms with E-state index < -0.39 is 0 Å². The molecule has 0 aromatic carbocycles. The molecule has 0 radical (unpaired) electrons. The van der Waals surface area contributed by atoms with Crippen LogP contribution in [0.2, 0.25) is 0 Å². The molecule has 0 rings (SSSR count). The van der Waals surface area contributed by atoms with E-state index in [1.165, 1.54) is 0 Å². The molecule has 0 fully saturated rings. The minimum absolute atomic E-state index is 0.0386. The number of nitrogens with one attached hydrogen (secondary N) is 1. The summed E-state index contributed by atoms with van der Waals surface area (Å²) in [4.78, 5) is 10.9. The van der Waals surface area contributed by atoms with Crippen molar-refractivity contribution in [3.05, 3.63) is 12.7 Å². The quantitative estimate of drug-likeness (QED) is 0.448. The van der Waals surface area contributed by atoms with E-state index in [0.717, 1.165) is 18.1 Å². The number of nitrogens with two attached hydrogens (primary N) is 1. The standard InChI is InChI=1S/C8H16N2OS/c1-2-6-12-7-5-10-8(11)3-4-9/h2H,1,3-7,9H2,(H,10,11). The van der Waals surface area contributed by atoms with Gasteiger partial charge in [0.15, 0.2) is 0 Å². The van der Waals surface area contributed by atoms with Crippen LogP contribution in [0.15, 0.2) is 12.7 Å². The molecule has 3 nitrogen and oxygen atoms in total. The van der Waals surface area contributed by atoms with Crippen LogP contribution >= 0.6 is 11.8 Å². The number of carbonyl (C=O) groups excluding carboxylic acids is 1. The molecule has 0 aliphatic carbocycles. The lowest BCUT2D eigenvalue weighted by Gasteiger charge is -2.02. The summed E-state index contributed by atoms with van der Waals surface area (Å²) in [7, 11) is 0. The fourth-order valence-corrected chi connectivity index (χ4v) is 1.23. The molecule has 3 N–H and O–H groups in total. The van der Waals surface area contributed by atoms with Crippen LogP contribution in [0.4, 0.5) is 0 Å². The van der Waals surface area contributed by atoms with Gasteiger partial charge < -0.3 is 11.1 Å². The van der Waals surface area contributed by atoms with Gasteiger partial charge in [0, 0.05) is 31.0 Å². The molecule has 0 unspecified atom stereocenters. The molecular formula is C8H16N2OS. The zero-order valence-electron chi connectivity index (χ0n) is 7.21. The monoisotopic (exact) mass is 188 g/mol. The maximum Gasteiger partial charge on any atom is 0.221 e. The molecule has 0 aromatic rings. The SMILES string of the molecule is C=CCSCCNC(=O)CCN. The van der Waals surface area contributed by atoms with Crippen LogP contribution in [0.25, 0.3) is 0 Å². The van der Waals surface area contributed by atoms with Gasteiger partial charge >= 0.3 is 0 Å². The first-order valence-electron chi connectivity index (χ1n) is 3.96. The Balaban J connectivity index is 3.08. The first-order valence-corrected chi connectivity index (χ1v) is 5.12. The van der Waals surface area contributed by atoms with Crippen molar-refractivity contribution in [3.8, 4) is 0 Å². The van der Waals surface area contributed by atoms with Gasteiger partial charge in [0.2, 0.25) is 5.91 Å². The van der Waals surface area contributed by atoms with Gasteiger partial charge in [0.25, 0.3) is 0 Å². The predicted molar refractivity (Wildman–Crippen MR) is 54.2 cm³/mol. The predicted octanol–water partition coefficient (Wildman–Crippen LogP) is 0.371. The van der Waals surface area contributed by atoms with E-state index in [0.29, 0.717) is 13.0 Å².